The summed E-state index contributed by atoms with van der Waals surface area (Å²) in [7, 11) is 0. The predicted molar refractivity (Wildman–Crippen MR) is 143 cm³/mol. The largest absolute Gasteiger partial charge is 0.460 e. The molecule has 1 aromatic carbocycles. The molecule has 200 valence electrons. The second-order valence-electron chi connectivity index (χ2n) is 10.7. The fourth-order valence-electron chi connectivity index (χ4n) is 5.36. The molecular weight excluding hydrogens is 454 g/mol. The monoisotopic (exact) mass is 499 g/mol. The second-order valence-corrected chi connectivity index (χ2v) is 10.7. The average molecular weight is 500 g/mol. The standard InChI is InChI=1S/C28H45N5O3/c1-3-15-31-17-19-32(20-18-31)22(2)6-5-16-33(26-12-13-26)28(35)30-24-10-8-23(9-11-24)27(34)36-21-25-7-4-14-29-25/h8-11,22,25-26,29H,3-7,12-21H2,1-2H3,(H,30,35). The number of hydrogen-bond acceptors (Lipinski definition) is 6. The van der Waals surface area contributed by atoms with Crippen molar-refractivity contribution in [3.05, 3.63) is 29.8 Å². The second kappa shape index (κ2) is 13.4. The molecule has 1 aliphatic carbocycles. The SMILES string of the molecule is CCCN1CCN(C(C)CCCN(C(=O)Nc2ccc(C(=O)OCC3CCCN3)cc2)C2CC2)CC1. The van der Waals surface area contributed by atoms with E-state index in [0.717, 1.165) is 64.7 Å². The molecule has 2 unspecified atom stereocenters. The molecule has 3 aliphatic rings. The van der Waals surface area contributed by atoms with E-state index >= 15 is 0 Å². The molecule has 4 rings (SSSR count). The minimum atomic E-state index is -0.318. The maximum atomic E-state index is 13.0. The lowest BCUT2D eigenvalue weighted by molar-refractivity contribution is 0.0473. The van der Waals surface area contributed by atoms with Gasteiger partial charge in [0.15, 0.2) is 0 Å². The van der Waals surface area contributed by atoms with Gasteiger partial charge in [-0.25, -0.2) is 9.59 Å². The highest BCUT2D eigenvalue weighted by atomic mass is 16.5. The number of piperazine rings is 1. The fraction of sp³-hybridized carbons (Fsp3) is 0.714. The lowest BCUT2D eigenvalue weighted by atomic mass is 10.1. The highest BCUT2D eigenvalue weighted by molar-refractivity contribution is 5.92. The molecule has 1 aromatic rings. The lowest BCUT2D eigenvalue weighted by Crippen LogP contribution is -2.49. The third-order valence-electron chi connectivity index (χ3n) is 7.79. The van der Waals surface area contributed by atoms with Gasteiger partial charge in [0.25, 0.3) is 0 Å². The Morgan fingerprint density at radius 1 is 1.14 bits per heavy atom. The van der Waals surface area contributed by atoms with Gasteiger partial charge in [-0.05, 0) is 89.2 Å². The number of nitrogens with zero attached hydrogens (tertiary/aromatic N) is 3. The maximum absolute atomic E-state index is 13.0. The van der Waals surface area contributed by atoms with Crippen LogP contribution in [0, 0.1) is 0 Å². The molecule has 2 heterocycles. The average Bonchev–Trinajstić information content (AvgIpc) is 3.59. The molecule has 0 spiro atoms. The van der Waals surface area contributed by atoms with Crippen LogP contribution in [-0.4, -0.2) is 97.2 Å². The van der Waals surface area contributed by atoms with E-state index in [4.69, 9.17) is 4.74 Å². The van der Waals surface area contributed by atoms with Crippen LogP contribution in [0.25, 0.3) is 0 Å². The smallest absolute Gasteiger partial charge is 0.338 e. The molecule has 3 fully saturated rings. The van der Waals surface area contributed by atoms with Crippen molar-refractivity contribution in [1.82, 2.24) is 20.0 Å². The van der Waals surface area contributed by atoms with Crippen LogP contribution in [0.2, 0.25) is 0 Å². The van der Waals surface area contributed by atoms with Crippen molar-refractivity contribution < 1.29 is 14.3 Å². The first-order valence-corrected chi connectivity index (χ1v) is 14.1. The summed E-state index contributed by atoms with van der Waals surface area (Å²) in [4.78, 5) is 32.5. The molecule has 8 nitrogen and oxygen atoms in total. The van der Waals surface area contributed by atoms with Crippen LogP contribution in [0.1, 0.15) is 69.2 Å². The van der Waals surface area contributed by atoms with Crippen molar-refractivity contribution in [3.8, 4) is 0 Å². The van der Waals surface area contributed by atoms with E-state index in [9.17, 15) is 9.59 Å². The number of anilines is 1. The molecule has 36 heavy (non-hydrogen) atoms. The summed E-state index contributed by atoms with van der Waals surface area (Å²) in [5, 5.41) is 6.36. The van der Waals surface area contributed by atoms with Crippen molar-refractivity contribution in [3.63, 3.8) is 0 Å². The van der Waals surface area contributed by atoms with Gasteiger partial charge < -0.3 is 25.2 Å². The van der Waals surface area contributed by atoms with Crippen molar-refractivity contribution in [2.75, 3.05) is 57.7 Å². The van der Waals surface area contributed by atoms with Gasteiger partial charge in [0.05, 0.1) is 5.56 Å². The van der Waals surface area contributed by atoms with Gasteiger partial charge in [-0.2, -0.15) is 0 Å². The Morgan fingerprint density at radius 2 is 1.89 bits per heavy atom. The number of nitrogens with one attached hydrogen (secondary N) is 2. The number of benzene rings is 1. The summed E-state index contributed by atoms with van der Waals surface area (Å²) in [6.45, 7) is 12.6. The van der Waals surface area contributed by atoms with Crippen molar-refractivity contribution in [2.45, 2.75) is 76.9 Å². The number of urea groups is 1. The Balaban J connectivity index is 1.19. The van der Waals surface area contributed by atoms with Crippen molar-refractivity contribution >= 4 is 17.7 Å². The number of hydrogen-bond donors (Lipinski definition) is 2. The normalized spacial score (nSPS) is 21.8. The summed E-state index contributed by atoms with van der Waals surface area (Å²) in [5.41, 5.74) is 1.22. The summed E-state index contributed by atoms with van der Waals surface area (Å²) in [6.07, 6.45) is 7.70. The molecule has 2 saturated heterocycles. The summed E-state index contributed by atoms with van der Waals surface area (Å²) in [5.74, 6) is -0.318. The third-order valence-corrected chi connectivity index (χ3v) is 7.79. The van der Waals surface area contributed by atoms with Gasteiger partial charge >= 0.3 is 12.0 Å². The molecule has 2 aliphatic heterocycles. The summed E-state index contributed by atoms with van der Waals surface area (Å²) < 4.78 is 5.43. The third kappa shape index (κ3) is 7.92. The van der Waals surface area contributed by atoms with E-state index < -0.39 is 0 Å². The lowest BCUT2D eigenvalue weighted by Gasteiger charge is -2.38. The van der Waals surface area contributed by atoms with E-state index in [1.165, 1.54) is 26.1 Å². The van der Waals surface area contributed by atoms with Gasteiger partial charge in [0.1, 0.15) is 6.61 Å². The van der Waals surface area contributed by atoms with Gasteiger partial charge in [-0.3, -0.25) is 4.90 Å². The maximum Gasteiger partial charge on any atom is 0.338 e. The molecule has 8 heteroatoms. The first kappa shape index (κ1) is 26.9. The molecular formula is C28H45N5O3. The molecule has 0 radical (unpaired) electrons. The van der Waals surface area contributed by atoms with Crippen molar-refractivity contribution in [1.29, 1.82) is 0 Å². The van der Waals surface area contributed by atoms with Gasteiger partial charge in [-0.15, -0.1) is 0 Å². The molecule has 2 amide bonds. The minimum Gasteiger partial charge on any atom is -0.460 e. The van der Waals surface area contributed by atoms with Crippen LogP contribution in [0.4, 0.5) is 10.5 Å². The zero-order valence-corrected chi connectivity index (χ0v) is 22.2. The molecule has 2 atom stereocenters. The molecule has 0 aromatic heterocycles. The van der Waals surface area contributed by atoms with Crippen LogP contribution in [0.5, 0.6) is 0 Å². The molecule has 1 saturated carbocycles. The van der Waals surface area contributed by atoms with Crippen LogP contribution < -0.4 is 10.6 Å². The van der Waals surface area contributed by atoms with E-state index in [1.807, 2.05) is 4.90 Å². The number of ether oxygens (including phenoxy) is 1. The van der Waals surface area contributed by atoms with Crippen LogP contribution >= 0.6 is 0 Å². The summed E-state index contributed by atoms with van der Waals surface area (Å²) >= 11 is 0. The first-order chi connectivity index (χ1) is 17.5. The Labute approximate surface area is 216 Å². The van der Waals surface area contributed by atoms with E-state index in [2.05, 4.69) is 34.3 Å². The molecule has 2 N–H and O–H groups in total. The zero-order chi connectivity index (χ0) is 25.3. The summed E-state index contributed by atoms with van der Waals surface area (Å²) in [6, 6.07) is 8.15. The van der Waals surface area contributed by atoms with Gasteiger partial charge in [-0.1, -0.05) is 6.92 Å². The van der Waals surface area contributed by atoms with E-state index in [0.29, 0.717) is 29.9 Å². The Kier molecular flexibility index (Phi) is 10.0. The molecule has 0 bridgehead atoms. The van der Waals surface area contributed by atoms with E-state index in [-0.39, 0.29) is 18.0 Å². The van der Waals surface area contributed by atoms with Gasteiger partial charge in [0.2, 0.25) is 0 Å². The Hall–Kier alpha value is -2.16. The minimum absolute atomic E-state index is 0.0408. The van der Waals surface area contributed by atoms with Gasteiger partial charge in [0, 0.05) is 56.5 Å². The number of amides is 2. The first-order valence-electron chi connectivity index (χ1n) is 14.1. The van der Waals surface area contributed by atoms with Crippen molar-refractivity contribution in [2.24, 2.45) is 0 Å². The highest BCUT2D eigenvalue weighted by Gasteiger charge is 2.32. The number of carbonyl (C=O) groups excluding carboxylic acids is 2. The predicted octanol–water partition coefficient (Wildman–Crippen LogP) is 3.79. The quantitative estimate of drug-likeness (QED) is 0.426. The van der Waals surface area contributed by atoms with Crippen LogP contribution in [0.15, 0.2) is 24.3 Å². The van der Waals surface area contributed by atoms with E-state index in [1.54, 1.807) is 24.3 Å². The highest BCUT2D eigenvalue weighted by Crippen LogP contribution is 2.28. The number of carbonyl (C=O) groups is 2. The Bertz CT molecular complexity index is 830. The van der Waals surface area contributed by atoms with Crippen LogP contribution in [-0.2, 0) is 4.74 Å². The Morgan fingerprint density at radius 3 is 2.53 bits per heavy atom. The fourth-order valence-corrected chi connectivity index (χ4v) is 5.36. The topological polar surface area (TPSA) is 77.2 Å². The van der Waals surface area contributed by atoms with Crippen LogP contribution in [0.3, 0.4) is 0 Å². The number of esters is 1. The number of rotatable bonds is 12. The zero-order valence-electron chi connectivity index (χ0n) is 22.2.